The third kappa shape index (κ3) is 3.29. The zero-order valence-corrected chi connectivity index (χ0v) is 14.7. The number of tetrazole rings is 1. The highest BCUT2D eigenvalue weighted by Gasteiger charge is 2.42. The average Bonchev–Trinajstić information content (AvgIpc) is 3.19. The van der Waals surface area contributed by atoms with Crippen molar-refractivity contribution < 1.29 is 0 Å². The number of benzene rings is 1. The molecule has 2 heterocycles. The summed E-state index contributed by atoms with van der Waals surface area (Å²) in [4.78, 5) is 2.53. The van der Waals surface area contributed by atoms with Gasteiger partial charge in [-0.15, -0.1) is 10.2 Å². The Labute approximate surface area is 148 Å². The van der Waals surface area contributed by atoms with E-state index in [-0.39, 0.29) is 5.41 Å². The molecule has 25 heavy (non-hydrogen) atoms. The van der Waals surface area contributed by atoms with E-state index in [0.29, 0.717) is 5.92 Å². The highest BCUT2D eigenvalue weighted by atomic mass is 15.5. The summed E-state index contributed by atoms with van der Waals surface area (Å²) in [5.74, 6) is 1.46. The number of hydrogen-bond acceptors (Lipinski definition) is 4. The van der Waals surface area contributed by atoms with Gasteiger partial charge < -0.3 is 0 Å². The fourth-order valence-corrected chi connectivity index (χ4v) is 4.02. The molecule has 1 unspecified atom stereocenters. The lowest BCUT2D eigenvalue weighted by Crippen LogP contribution is -2.44. The van der Waals surface area contributed by atoms with Gasteiger partial charge in [-0.05, 0) is 49.4 Å². The number of allylic oxidation sites excluding steroid dienone is 4. The Balaban J connectivity index is 1.53. The monoisotopic (exact) mass is 335 g/mol. The van der Waals surface area contributed by atoms with Crippen molar-refractivity contribution in [2.75, 3.05) is 13.1 Å². The SMILES string of the molecule is CC1C=CC(C2(c3nn[nH]n3)CCN(Cc3ccccc3)CC2)=CC1. The van der Waals surface area contributed by atoms with Crippen molar-refractivity contribution in [1.82, 2.24) is 25.5 Å². The predicted octanol–water partition coefficient (Wildman–Crippen LogP) is 3.26. The molecule has 1 saturated heterocycles. The molecule has 0 amide bonds. The molecule has 0 saturated carbocycles. The lowest BCUT2D eigenvalue weighted by Gasteiger charge is -2.41. The molecule has 1 aliphatic carbocycles. The minimum Gasteiger partial charge on any atom is -0.299 e. The maximum Gasteiger partial charge on any atom is 0.185 e. The molecule has 130 valence electrons. The molecule has 5 nitrogen and oxygen atoms in total. The summed E-state index contributed by atoms with van der Waals surface area (Å²) in [5, 5.41) is 15.2. The molecule has 1 fully saturated rings. The number of aromatic nitrogens is 4. The first-order valence-corrected chi connectivity index (χ1v) is 9.15. The van der Waals surface area contributed by atoms with Crippen molar-refractivity contribution in [2.45, 2.75) is 38.1 Å². The second kappa shape index (κ2) is 6.92. The summed E-state index contributed by atoms with van der Waals surface area (Å²) in [7, 11) is 0. The summed E-state index contributed by atoms with van der Waals surface area (Å²) in [6.45, 7) is 5.36. The van der Waals surface area contributed by atoms with Crippen LogP contribution in [0.5, 0.6) is 0 Å². The van der Waals surface area contributed by atoms with Crippen molar-refractivity contribution in [3.63, 3.8) is 0 Å². The van der Waals surface area contributed by atoms with Gasteiger partial charge in [0.05, 0.1) is 5.41 Å². The van der Waals surface area contributed by atoms with Gasteiger partial charge in [0.2, 0.25) is 0 Å². The number of nitrogens with one attached hydrogen (secondary N) is 1. The van der Waals surface area contributed by atoms with E-state index in [1.807, 2.05) is 0 Å². The van der Waals surface area contributed by atoms with Crippen LogP contribution in [0.4, 0.5) is 0 Å². The van der Waals surface area contributed by atoms with Crippen LogP contribution in [0.25, 0.3) is 0 Å². The van der Waals surface area contributed by atoms with Crippen molar-refractivity contribution in [2.24, 2.45) is 5.92 Å². The van der Waals surface area contributed by atoms with Crippen molar-refractivity contribution in [1.29, 1.82) is 0 Å². The number of hydrogen-bond donors (Lipinski definition) is 1. The van der Waals surface area contributed by atoms with Gasteiger partial charge in [0.25, 0.3) is 0 Å². The Bertz CT molecular complexity index is 740. The van der Waals surface area contributed by atoms with Gasteiger partial charge >= 0.3 is 0 Å². The standard InChI is InChI=1S/C20H25N5/c1-16-7-9-18(10-8-16)20(19-21-23-24-22-19)11-13-25(14-12-20)15-17-5-3-2-4-6-17/h2-7,9-10,16H,8,11-15H2,1H3,(H,21,22,23,24). The number of nitrogens with zero attached hydrogens (tertiary/aromatic N) is 4. The van der Waals surface area contributed by atoms with E-state index < -0.39 is 0 Å². The lowest BCUT2D eigenvalue weighted by atomic mass is 9.69. The molecule has 2 aliphatic rings. The van der Waals surface area contributed by atoms with E-state index in [2.05, 4.69) is 81.0 Å². The number of piperidine rings is 1. The number of likely N-dealkylation sites (tertiary alicyclic amines) is 1. The Hall–Kier alpha value is -2.27. The van der Waals surface area contributed by atoms with E-state index >= 15 is 0 Å². The third-order valence-electron chi connectivity index (χ3n) is 5.60. The fraction of sp³-hybridized carbons (Fsp3) is 0.450. The molecule has 1 atom stereocenters. The van der Waals surface area contributed by atoms with Gasteiger partial charge in [0, 0.05) is 6.54 Å². The summed E-state index contributed by atoms with van der Waals surface area (Å²) in [6, 6.07) is 10.7. The summed E-state index contributed by atoms with van der Waals surface area (Å²) in [6.07, 6.45) is 10.1. The van der Waals surface area contributed by atoms with Gasteiger partial charge in [-0.2, -0.15) is 5.21 Å². The number of rotatable bonds is 4. The zero-order chi connectivity index (χ0) is 17.1. The van der Waals surface area contributed by atoms with Crippen molar-refractivity contribution >= 4 is 0 Å². The van der Waals surface area contributed by atoms with Crippen LogP contribution in [0.3, 0.4) is 0 Å². The molecule has 1 aromatic heterocycles. The Morgan fingerprint density at radius 2 is 2.00 bits per heavy atom. The zero-order valence-electron chi connectivity index (χ0n) is 14.7. The van der Waals surface area contributed by atoms with Crippen LogP contribution in [-0.2, 0) is 12.0 Å². The van der Waals surface area contributed by atoms with Gasteiger partial charge in [0.1, 0.15) is 0 Å². The van der Waals surface area contributed by atoms with Gasteiger partial charge in [-0.25, -0.2) is 0 Å². The normalized spacial score (nSPS) is 23.4. The molecular formula is C20H25N5. The van der Waals surface area contributed by atoms with E-state index in [1.54, 1.807) is 0 Å². The van der Waals surface area contributed by atoms with Crippen LogP contribution in [0.2, 0.25) is 0 Å². The Morgan fingerprint density at radius 1 is 1.20 bits per heavy atom. The topological polar surface area (TPSA) is 57.7 Å². The van der Waals surface area contributed by atoms with Crippen LogP contribution >= 0.6 is 0 Å². The van der Waals surface area contributed by atoms with Crippen molar-refractivity contribution in [3.8, 4) is 0 Å². The molecule has 1 N–H and O–H groups in total. The van der Waals surface area contributed by atoms with E-state index in [0.717, 1.165) is 44.7 Å². The second-order valence-electron chi connectivity index (χ2n) is 7.31. The van der Waals surface area contributed by atoms with E-state index in [1.165, 1.54) is 11.1 Å². The quantitative estimate of drug-likeness (QED) is 0.932. The predicted molar refractivity (Wildman–Crippen MR) is 97.8 cm³/mol. The summed E-state index contributed by atoms with van der Waals surface area (Å²) >= 11 is 0. The molecule has 1 aliphatic heterocycles. The molecule has 1 aromatic carbocycles. The molecule has 2 aromatic rings. The van der Waals surface area contributed by atoms with Gasteiger partial charge in [-0.1, -0.05) is 60.7 Å². The Kier molecular flexibility index (Phi) is 4.49. The second-order valence-corrected chi connectivity index (χ2v) is 7.31. The third-order valence-corrected chi connectivity index (χ3v) is 5.60. The highest BCUT2D eigenvalue weighted by Crippen LogP contribution is 2.42. The lowest BCUT2D eigenvalue weighted by molar-refractivity contribution is 0.167. The average molecular weight is 335 g/mol. The van der Waals surface area contributed by atoms with Crippen LogP contribution in [0, 0.1) is 5.92 Å². The smallest absolute Gasteiger partial charge is 0.185 e. The van der Waals surface area contributed by atoms with Gasteiger partial charge in [0.15, 0.2) is 5.82 Å². The molecule has 0 radical (unpaired) electrons. The Morgan fingerprint density at radius 3 is 2.64 bits per heavy atom. The van der Waals surface area contributed by atoms with Crippen LogP contribution < -0.4 is 0 Å². The first-order valence-electron chi connectivity index (χ1n) is 9.15. The first kappa shape index (κ1) is 16.2. The molecule has 0 bridgehead atoms. The number of aromatic amines is 1. The van der Waals surface area contributed by atoms with Crippen molar-refractivity contribution in [3.05, 3.63) is 65.5 Å². The maximum atomic E-state index is 4.37. The molecule has 5 heteroatoms. The fourth-order valence-electron chi connectivity index (χ4n) is 4.02. The summed E-state index contributed by atoms with van der Waals surface area (Å²) < 4.78 is 0. The van der Waals surface area contributed by atoms with Gasteiger partial charge in [-0.3, -0.25) is 4.90 Å². The van der Waals surface area contributed by atoms with Crippen LogP contribution in [-0.4, -0.2) is 38.6 Å². The first-order chi connectivity index (χ1) is 12.3. The molecule has 0 spiro atoms. The largest absolute Gasteiger partial charge is 0.299 e. The minimum absolute atomic E-state index is 0.100. The van der Waals surface area contributed by atoms with Crippen LogP contribution in [0.15, 0.2) is 54.1 Å². The summed E-state index contributed by atoms with van der Waals surface area (Å²) in [5.41, 5.74) is 2.64. The minimum atomic E-state index is -0.100. The molecule has 4 rings (SSSR count). The van der Waals surface area contributed by atoms with E-state index in [4.69, 9.17) is 0 Å². The molecular weight excluding hydrogens is 310 g/mol. The number of H-pyrrole nitrogens is 1. The highest BCUT2D eigenvalue weighted by molar-refractivity contribution is 5.39. The van der Waals surface area contributed by atoms with E-state index in [9.17, 15) is 0 Å². The maximum absolute atomic E-state index is 4.37. The van der Waals surface area contributed by atoms with Crippen LogP contribution in [0.1, 0.15) is 37.6 Å².